The molecule has 2 amide bonds. The zero-order chi connectivity index (χ0) is 19.4. The molecule has 1 saturated carbocycles. The second-order valence-electron chi connectivity index (χ2n) is 7.04. The molecule has 1 unspecified atom stereocenters. The Morgan fingerprint density at radius 2 is 1.93 bits per heavy atom. The number of benzene rings is 1. The van der Waals surface area contributed by atoms with Crippen LogP contribution in [-0.2, 0) is 20.7 Å². The van der Waals surface area contributed by atoms with Crippen molar-refractivity contribution in [2.75, 3.05) is 0 Å². The topological polar surface area (TPSA) is 103 Å². The fourth-order valence-electron chi connectivity index (χ4n) is 3.63. The molecular weight excluding hydrogens is 346 g/mol. The number of nitrogens with one attached hydrogen (secondary N) is 1. The largest absolute Gasteiger partial charge is 0.446 e. The Bertz CT molecular complexity index is 852. The van der Waals surface area contributed by atoms with Gasteiger partial charge in [-0.15, -0.1) is 0 Å². The van der Waals surface area contributed by atoms with Gasteiger partial charge in [0.2, 0.25) is 11.8 Å². The number of nitrogens with zero attached hydrogens (tertiary/aromatic N) is 1. The van der Waals surface area contributed by atoms with E-state index < -0.39 is 18.0 Å². The predicted molar refractivity (Wildman–Crippen MR) is 101 cm³/mol. The number of primary amides is 1. The van der Waals surface area contributed by atoms with Gasteiger partial charge in [0.1, 0.15) is 12.1 Å². The molecule has 1 aliphatic rings. The van der Waals surface area contributed by atoms with E-state index in [1.165, 1.54) is 17.9 Å². The van der Waals surface area contributed by atoms with Gasteiger partial charge in [-0.1, -0.05) is 24.6 Å². The Labute approximate surface area is 157 Å². The number of rotatable bonds is 5. The number of ether oxygens (including phenoxy) is 1. The van der Waals surface area contributed by atoms with Crippen LogP contribution in [0.15, 0.2) is 30.5 Å². The van der Waals surface area contributed by atoms with Crippen LogP contribution in [0, 0.1) is 0 Å². The highest BCUT2D eigenvalue weighted by molar-refractivity contribution is 5.93. The summed E-state index contributed by atoms with van der Waals surface area (Å²) in [5.41, 5.74) is 6.88. The maximum atomic E-state index is 12.7. The summed E-state index contributed by atoms with van der Waals surface area (Å²) >= 11 is 0. The number of carbonyl (C=O) groups excluding carboxylic acids is 3. The van der Waals surface area contributed by atoms with Gasteiger partial charge in [0.15, 0.2) is 0 Å². The van der Waals surface area contributed by atoms with Crippen LogP contribution in [0.1, 0.15) is 44.6 Å². The van der Waals surface area contributed by atoms with E-state index in [1.807, 2.05) is 24.3 Å². The molecule has 1 aromatic carbocycles. The van der Waals surface area contributed by atoms with Crippen molar-refractivity contribution in [1.82, 2.24) is 9.88 Å². The summed E-state index contributed by atoms with van der Waals surface area (Å²) in [6, 6.07) is 6.58. The van der Waals surface area contributed by atoms with Crippen LogP contribution in [0.2, 0.25) is 0 Å². The quantitative estimate of drug-likeness (QED) is 0.842. The molecule has 0 saturated heterocycles. The fraction of sp³-hybridized carbons (Fsp3) is 0.450. The number of nitrogens with two attached hydrogens (primary N) is 1. The summed E-state index contributed by atoms with van der Waals surface area (Å²) < 4.78 is 7.16. The summed E-state index contributed by atoms with van der Waals surface area (Å²) in [7, 11) is 0. The summed E-state index contributed by atoms with van der Waals surface area (Å²) in [6.07, 6.45) is 6.54. The van der Waals surface area contributed by atoms with Crippen molar-refractivity contribution >= 4 is 28.8 Å². The highest BCUT2D eigenvalue weighted by Crippen LogP contribution is 2.25. The third-order valence-electron chi connectivity index (χ3n) is 4.96. The molecule has 0 aliphatic heterocycles. The van der Waals surface area contributed by atoms with Crippen LogP contribution in [0.5, 0.6) is 0 Å². The summed E-state index contributed by atoms with van der Waals surface area (Å²) in [6.45, 7) is 1.33. The average molecular weight is 371 g/mol. The lowest BCUT2D eigenvalue weighted by Gasteiger charge is -2.21. The standard InChI is InChI=1S/C20H25N3O4/c1-13(24)22-17(19(21)25)11-14-12-23(18-10-6-5-9-16(14)18)20(26)27-15-7-3-2-4-8-15/h5-6,9-10,12,15,17H,2-4,7-8,11H2,1H3,(H2,21,25)(H,22,24). The van der Waals surface area contributed by atoms with E-state index in [4.69, 9.17) is 10.5 Å². The molecule has 3 N–H and O–H groups in total. The first kappa shape index (κ1) is 18.9. The van der Waals surface area contributed by atoms with E-state index in [0.717, 1.165) is 36.6 Å². The van der Waals surface area contributed by atoms with Crippen molar-refractivity contribution in [2.45, 2.75) is 57.6 Å². The van der Waals surface area contributed by atoms with Gasteiger partial charge in [-0.05, 0) is 37.3 Å². The van der Waals surface area contributed by atoms with Crippen molar-refractivity contribution in [1.29, 1.82) is 0 Å². The van der Waals surface area contributed by atoms with E-state index in [1.54, 1.807) is 6.20 Å². The molecule has 0 radical (unpaired) electrons. The molecule has 1 heterocycles. The minimum absolute atomic E-state index is 0.0476. The Morgan fingerprint density at radius 3 is 2.59 bits per heavy atom. The number of para-hydroxylation sites is 1. The third kappa shape index (κ3) is 4.48. The molecule has 144 valence electrons. The monoisotopic (exact) mass is 371 g/mol. The normalized spacial score (nSPS) is 16.0. The van der Waals surface area contributed by atoms with Gasteiger partial charge in [-0.25, -0.2) is 4.79 Å². The second-order valence-corrected chi connectivity index (χ2v) is 7.04. The predicted octanol–water partition coefficient (Wildman–Crippen LogP) is 2.49. The van der Waals surface area contributed by atoms with E-state index in [0.29, 0.717) is 5.52 Å². The van der Waals surface area contributed by atoms with Gasteiger partial charge in [0.05, 0.1) is 5.52 Å². The first-order valence-electron chi connectivity index (χ1n) is 9.32. The van der Waals surface area contributed by atoms with Gasteiger partial charge in [0, 0.05) is 24.9 Å². The van der Waals surface area contributed by atoms with Crippen LogP contribution in [0.25, 0.3) is 10.9 Å². The Balaban J connectivity index is 1.87. The first-order valence-corrected chi connectivity index (χ1v) is 9.32. The van der Waals surface area contributed by atoms with Gasteiger partial charge in [-0.3, -0.25) is 14.2 Å². The Kier molecular flexibility index (Phi) is 5.78. The number of hydrogen-bond acceptors (Lipinski definition) is 4. The maximum absolute atomic E-state index is 12.7. The van der Waals surface area contributed by atoms with Crippen molar-refractivity contribution in [3.63, 3.8) is 0 Å². The Hall–Kier alpha value is -2.83. The smallest absolute Gasteiger partial charge is 0.418 e. The van der Waals surface area contributed by atoms with Gasteiger partial charge in [0.25, 0.3) is 0 Å². The molecule has 3 rings (SSSR count). The lowest BCUT2D eigenvalue weighted by Crippen LogP contribution is -2.44. The number of fused-ring (bicyclic) bond motifs is 1. The number of aromatic nitrogens is 1. The van der Waals surface area contributed by atoms with E-state index in [2.05, 4.69) is 5.32 Å². The lowest BCUT2D eigenvalue weighted by atomic mass is 9.98. The van der Waals surface area contributed by atoms with Crippen LogP contribution >= 0.6 is 0 Å². The minimum Gasteiger partial charge on any atom is -0.446 e. The molecule has 27 heavy (non-hydrogen) atoms. The summed E-state index contributed by atoms with van der Waals surface area (Å²) in [5.74, 6) is -0.953. The van der Waals surface area contributed by atoms with Crippen molar-refractivity contribution < 1.29 is 19.1 Å². The molecule has 0 bridgehead atoms. The van der Waals surface area contributed by atoms with Crippen molar-refractivity contribution in [3.05, 3.63) is 36.0 Å². The Morgan fingerprint density at radius 1 is 1.22 bits per heavy atom. The zero-order valence-electron chi connectivity index (χ0n) is 15.4. The van der Waals surface area contributed by atoms with Gasteiger partial charge < -0.3 is 15.8 Å². The molecule has 1 aromatic heterocycles. The molecule has 1 fully saturated rings. The molecule has 2 aromatic rings. The highest BCUT2D eigenvalue weighted by Gasteiger charge is 2.23. The SMILES string of the molecule is CC(=O)NC(Cc1cn(C(=O)OC2CCCCC2)c2ccccc12)C(N)=O. The molecule has 7 nitrogen and oxygen atoms in total. The van der Waals surface area contributed by atoms with Crippen molar-refractivity contribution in [3.8, 4) is 0 Å². The molecule has 7 heteroatoms. The molecule has 0 spiro atoms. The van der Waals surface area contributed by atoms with E-state index >= 15 is 0 Å². The zero-order valence-corrected chi connectivity index (χ0v) is 15.4. The molecular formula is C20H25N3O4. The third-order valence-corrected chi connectivity index (χ3v) is 4.96. The van der Waals surface area contributed by atoms with Crippen LogP contribution < -0.4 is 11.1 Å². The second kappa shape index (κ2) is 8.24. The average Bonchev–Trinajstić information content (AvgIpc) is 3.00. The van der Waals surface area contributed by atoms with Crippen LogP contribution in [-0.4, -0.2) is 34.6 Å². The van der Waals surface area contributed by atoms with Gasteiger partial charge in [-0.2, -0.15) is 0 Å². The van der Waals surface area contributed by atoms with E-state index in [9.17, 15) is 14.4 Å². The van der Waals surface area contributed by atoms with E-state index in [-0.39, 0.29) is 18.4 Å². The number of hydrogen-bond donors (Lipinski definition) is 2. The maximum Gasteiger partial charge on any atom is 0.418 e. The van der Waals surface area contributed by atoms with Crippen LogP contribution in [0.4, 0.5) is 4.79 Å². The lowest BCUT2D eigenvalue weighted by molar-refractivity contribution is -0.126. The first-order chi connectivity index (χ1) is 13.0. The van der Waals surface area contributed by atoms with Gasteiger partial charge >= 0.3 is 6.09 Å². The number of amides is 2. The summed E-state index contributed by atoms with van der Waals surface area (Å²) in [5, 5.41) is 3.39. The molecule has 1 atom stereocenters. The molecule has 1 aliphatic carbocycles. The fourth-order valence-corrected chi connectivity index (χ4v) is 3.63. The van der Waals surface area contributed by atoms with Crippen LogP contribution in [0.3, 0.4) is 0 Å². The minimum atomic E-state index is -0.837. The summed E-state index contributed by atoms with van der Waals surface area (Å²) in [4.78, 5) is 35.8. The van der Waals surface area contributed by atoms with Crippen molar-refractivity contribution in [2.24, 2.45) is 5.73 Å². The number of carbonyl (C=O) groups is 3. The highest BCUT2D eigenvalue weighted by atomic mass is 16.6.